The molecule has 1 heterocycles. The number of hydrogen-bond acceptors (Lipinski definition) is 3. The molecule has 74 valence electrons. The van der Waals surface area contributed by atoms with Gasteiger partial charge in [-0.3, -0.25) is 5.43 Å². The molecule has 0 aliphatic heterocycles. The van der Waals surface area contributed by atoms with Crippen molar-refractivity contribution in [1.29, 1.82) is 0 Å². The predicted octanol–water partition coefficient (Wildman–Crippen LogP) is 1.73. The molecule has 14 heavy (non-hydrogen) atoms. The highest BCUT2D eigenvalue weighted by Gasteiger charge is 1.89. The molecule has 0 saturated carbocycles. The summed E-state index contributed by atoms with van der Waals surface area (Å²) in [6, 6.07) is 3.95. The largest absolute Gasteiger partial charge is 0.358 e. The van der Waals surface area contributed by atoms with Crippen molar-refractivity contribution in [2.24, 2.45) is 5.10 Å². The van der Waals surface area contributed by atoms with Crippen molar-refractivity contribution in [3.8, 4) is 0 Å². The van der Waals surface area contributed by atoms with Crippen LogP contribution in [0.3, 0.4) is 0 Å². The van der Waals surface area contributed by atoms with E-state index in [-0.39, 0.29) is 0 Å². The van der Waals surface area contributed by atoms with E-state index in [0.717, 1.165) is 4.88 Å². The minimum absolute atomic E-state index is 0.498. The Kier molecular flexibility index (Phi) is 4.88. The first-order chi connectivity index (χ1) is 6.83. The first-order valence-electron chi connectivity index (χ1n) is 4.04. The lowest BCUT2D eigenvalue weighted by molar-refractivity contribution is 0.942. The van der Waals surface area contributed by atoms with Crippen LogP contribution in [0.2, 0.25) is 0 Å². The number of nitrogens with one attached hydrogen (secondary N) is 2. The molecule has 1 aromatic heterocycles. The normalized spacial score (nSPS) is 10.0. The topological polar surface area (TPSA) is 36.4 Å². The molecule has 3 nitrogen and oxygen atoms in total. The summed E-state index contributed by atoms with van der Waals surface area (Å²) in [7, 11) is 0. The molecule has 0 aliphatic rings. The van der Waals surface area contributed by atoms with Gasteiger partial charge in [-0.25, -0.2) is 0 Å². The highest BCUT2D eigenvalue weighted by molar-refractivity contribution is 7.80. The smallest absolute Gasteiger partial charge is 0.187 e. The van der Waals surface area contributed by atoms with Crippen molar-refractivity contribution in [2.45, 2.75) is 0 Å². The van der Waals surface area contributed by atoms with Crippen LogP contribution in [0.4, 0.5) is 0 Å². The summed E-state index contributed by atoms with van der Waals surface area (Å²) < 4.78 is 0. The van der Waals surface area contributed by atoms with Gasteiger partial charge in [-0.2, -0.15) is 5.10 Å². The van der Waals surface area contributed by atoms with Gasteiger partial charge in [0.2, 0.25) is 0 Å². The molecule has 0 atom stereocenters. The van der Waals surface area contributed by atoms with Crippen molar-refractivity contribution >= 4 is 34.9 Å². The van der Waals surface area contributed by atoms with Gasteiger partial charge in [0.25, 0.3) is 0 Å². The van der Waals surface area contributed by atoms with Gasteiger partial charge in [0, 0.05) is 11.4 Å². The van der Waals surface area contributed by atoms with Gasteiger partial charge in [0.1, 0.15) is 0 Å². The monoisotopic (exact) mass is 225 g/mol. The summed E-state index contributed by atoms with van der Waals surface area (Å²) in [6.07, 6.45) is 3.46. The zero-order valence-corrected chi connectivity index (χ0v) is 9.20. The van der Waals surface area contributed by atoms with Gasteiger partial charge in [0.15, 0.2) is 5.11 Å². The van der Waals surface area contributed by atoms with Crippen LogP contribution in [0.1, 0.15) is 4.88 Å². The van der Waals surface area contributed by atoms with Crippen LogP contribution < -0.4 is 10.7 Å². The lowest BCUT2D eigenvalue weighted by Crippen LogP contribution is -2.31. The number of rotatable bonds is 4. The Bertz CT molecular complexity index is 317. The predicted molar refractivity (Wildman–Crippen MR) is 65.8 cm³/mol. The number of hydrazone groups is 1. The van der Waals surface area contributed by atoms with Crippen molar-refractivity contribution in [1.82, 2.24) is 10.7 Å². The van der Waals surface area contributed by atoms with Gasteiger partial charge in [-0.1, -0.05) is 12.1 Å². The summed E-state index contributed by atoms with van der Waals surface area (Å²) in [6.45, 7) is 4.21. The fourth-order valence-electron chi connectivity index (χ4n) is 0.724. The van der Waals surface area contributed by atoms with Crippen LogP contribution in [0.15, 0.2) is 35.3 Å². The second kappa shape index (κ2) is 6.28. The van der Waals surface area contributed by atoms with E-state index < -0.39 is 0 Å². The summed E-state index contributed by atoms with van der Waals surface area (Å²) >= 11 is 6.56. The number of thiophene rings is 1. The fourth-order valence-corrected chi connectivity index (χ4v) is 1.44. The van der Waals surface area contributed by atoms with E-state index in [1.807, 2.05) is 17.5 Å². The molecular weight excluding hydrogens is 214 g/mol. The molecule has 5 heteroatoms. The quantitative estimate of drug-likeness (QED) is 0.355. The Balaban J connectivity index is 2.26. The average Bonchev–Trinajstić information content (AvgIpc) is 2.67. The lowest BCUT2D eigenvalue weighted by Gasteiger charge is -2.02. The maximum atomic E-state index is 4.93. The Morgan fingerprint density at radius 2 is 2.57 bits per heavy atom. The third-order valence-corrected chi connectivity index (χ3v) is 2.35. The minimum Gasteiger partial charge on any atom is -0.358 e. The summed E-state index contributed by atoms with van der Waals surface area (Å²) in [4.78, 5) is 1.09. The lowest BCUT2D eigenvalue weighted by atomic mass is 10.5. The molecule has 0 amide bonds. The van der Waals surface area contributed by atoms with Gasteiger partial charge in [-0.15, -0.1) is 17.9 Å². The maximum absolute atomic E-state index is 4.93. The molecule has 0 spiro atoms. The van der Waals surface area contributed by atoms with E-state index in [0.29, 0.717) is 11.7 Å². The van der Waals surface area contributed by atoms with Crippen LogP contribution in [-0.4, -0.2) is 17.9 Å². The average molecular weight is 225 g/mol. The molecule has 2 N–H and O–H groups in total. The van der Waals surface area contributed by atoms with Crippen LogP contribution >= 0.6 is 23.6 Å². The standard InChI is InChI=1S/C9H11N3S2/c1-2-5-10-9(13)12-11-7-8-4-3-6-14-8/h2-4,6-7H,1,5H2,(H2,10,12,13)/b11-7-. The summed E-state index contributed by atoms with van der Waals surface area (Å²) in [5.74, 6) is 0. The zero-order valence-electron chi connectivity index (χ0n) is 7.56. The first-order valence-corrected chi connectivity index (χ1v) is 5.33. The Morgan fingerprint density at radius 3 is 3.21 bits per heavy atom. The highest BCUT2D eigenvalue weighted by Crippen LogP contribution is 2.03. The Hall–Kier alpha value is -1.20. The molecule has 0 radical (unpaired) electrons. The Labute approximate surface area is 92.5 Å². The number of hydrogen-bond donors (Lipinski definition) is 2. The molecule has 0 fully saturated rings. The second-order valence-electron chi connectivity index (χ2n) is 2.38. The SMILES string of the molecule is C=CCNC(=S)N/N=C\c1cccs1. The molecule has 1 aromatic rings. The minimum atomic E-state index is 0.498. The van der Waals surface area contributed by atoms with E-state index in [1.54, 1.807) is 23.6 Å². The van der Waals surface area contributed by atoms with Gasteiger partial charge in [-0.05, 0) is 23.7 Å². The van der Waals surface area contributed by atoms with Crippen molar-refractivity contribution in [3.63, 3.8) is 0 Å². The molecule has 0 aliphatic carbocycles. The van der Waals surface area contributed by atoms with Gasteiger partial charge >= 0.3 is 0 Å². The molecule has 0 unspecified atom stereocenters. The number of nitrogens with zero attached hydrogens (tertiary/aromatic N) is 1. The third-order valence-electron chi connectivity index (χ3n) is 1.31. The van der Waals surface area contributed by atoms with Crippen LogP contribution in [-0.2, 0) is 0 Å². The molecule has 0 bridgehead atoms. The highest BCUT2D eigenvalue weighted by atomic mass is 32.1. The zero-order chi connectivity index (χ0) is 10.2. The van der Waals surface area contributed by atoms with E-state index in [9.17, 15) is 0 Å². The Morgan fingerprint density at radius 1 is 1.71 bits per heavy atom. The van der Waals surface area contributed by atoms with Crippen LogP contribution in [0, 0.1) is 0 Å². The van der Waals surface area contributed by atoms with E-state index >= 15 is 0 Å². The molecular formula is C9H11N3S2. The fraction of sp³-hybridized carbons (Fsp3) is 0.111. The van der Waals surface area contributed by atoms with Crippen molar-refractivity contribution < 1.29 is 0 Å². The van der Waals surface area contributed by atoms with Crippen LogP contribution in [0.5, 0.6) is 0 Å². The second-order valence-corrected chi connectivity index (χ2v) is 3.77. The van der Waals surface area contributed by atoms with E-state index in [4.69, 9.17) is 12.2 Å². The third kappa shape index (κ3) is 4.15. The molecule has 0 aromatic carbocycles. The van der Waals surface area contributed by atoms with Crippen LogP contribution in [0.25, 0.3) is 0 Å². The summed E-state index contributed by atoms with van der Waals surface area (Å²) in [5.41, 5.74) is 2.70. The number of thiocarbonyl (C=S) groups is 1. The van der Waals surface area contributed by atoms with Gasteiger partial charge < -0.3 is 5.32 Å². The summed E-state index contributed by atoms with van der Waals surface area (Å²) in [5, 5.41) is 9.36. The van der Waals surface area contributed by atoms with Crippen molar-refractivity contribution in [3.05, 3.63) is 35.0 Å². The maximum Gasteiger partial charge on any atom is 0.187 e. The molecule has 1 rings (SSSR count). The first kappa shape index (κ1) is 10.9. The van der Waals surface area contributed by atoms with E-state index in [1.165, 1.54) is 0 Å². The van der Waals surface area contributed by atoms with Gasteiger partial charge in [0.05, 0.1) is 6.21 Å². The van der Waals surface area contributed by atoms with Crippen molar-refractivity contribution in [2.75, 3.05) is 6.54 Å². The van der Waals surface area contributed by atoms with E-state index in [2.05, 4.69) is 22.4 Å². The molecule has 0 saturated heterocycles.